The highest BCUT2D eigenvalue weighted by Gasteiger charge is 2.21. The summed E-state index contributed by atoms with van der Waals surface area (Å²) in [5.74, 6) is 0.775. The molecule has 1 aromatic heterocycles. The molecule has 0 unspecified atom stereocenters. The molecular weight excluding hydrogens is 298 g/mol. The van der Waals surface area contributed by atoms with Crippen LogP contribution < -0.4 is 10.0 Å². The molecule has 1 fully saturated rings. The summed E-state index contributed by atoms with van der Waals surface area (Å²) in [7, 11) is -3.60. The molecule has 22 heavy (non-hydrogen) atoms. The monoisotopic (exact) mass is 317 g/mol. The minimum atomic E-state index is -3.60. The van der Waals surface area contributed by atoms with Crippen molar-refractivity contribution in [3.05, 3.63) is 47.7 Å². The van der Waals surface area contributed by atoms with Crippen LogP contribution in [0.3, 0.4) is 0 Å². The van der Waals surface area contributed by atoms with Crippen LogP contribution in [-0.4, -0.2) is 19.4 Å². The van der Waals surface area contributed by atoms with Crippen LogP contribution in [0.1, 0.15) is 24.0 Å². The Morgan fingerprint density at radius 3 is 2.55 bits per heavy atom. The Labute approximate surface area is 130 Å². The molecule has 0 saturated heterocycles. The van der Waals surface area contributed by atoms with Crippen LogP contribution in [0.15, 0.2) is 41.4 Å². The molecule has 0 amide bonds. The third-order valence-electron chi connectivity index (χ3n) is 3.58. The third-order valence-corrected chi connectivity index (χ3v) is 5.10. The maximum atomic E-state index is 12.5. The fourth-order valence-electron chi connectivity index (χ4n) is 2.18. The number of nitrogens with zero attached hydrogens (tertiary/aromatic N) is 1. The predicted molar refractivity (Wildman–Crippen MR) is 87.6 cm³/mol. The minimum Gasteiger partial charge on any atom is -0.367 e. The van der Waals surface area contributed by atoms with Crippen molar-refractivity contribution in [2.45, 2.75) is 37.6 Å². The van der Waals surface area contributed by atoms with E-state index in [0.29, 0.717) is 16.6 Å². The highest BCUT2D eigenvalue weighted by atomic mass is 32.2. The van der Waals surface area contributed by atoms with Gasteiger partial charge in [0.05, 0.1) is 16.8 Å². The quantitative estimate of drug-likeness (QED) is 0.889. The van der Waals surface area contributed by atoms with Gasteiger partial charge in [0.2, 0.25) is 0 Å². The van der Waals surface area contributed by atoms with Crippen molar-refractivity contribution in [2.24, 2.45) is 0 Å². The summed E-state index contributed by atoms with van der Waals surface area (Å²) in [5, 5.41) is 3.27. The second-order valence-corrected chi connectivity index (χ2v) is 7.38. The Hall–Kier alpha value is -2.08. The number of nitrogens with one attached hydrogen (secondary N) is 2. The number of rotatable bonds is 5. The van der Waals surface area contributed by atoms with Crippen LogP contribution in [0.2, 0.25) is 0 Å². The Kier molecular flexibility index (Phi) is 3.78. The lowest BCUT2D eigenvalue weighted by Gasteiger charge is -2.11. The van der Waals surface area contributed by atoms with Gasteiger partial charge in [-0.3, -0.25) is 4.72 Å². The van der Waals surface area contributed by atoms with Crippen molar-refractivity contribution in [1.82, 2.24) is 4.98 Å². The molecule has 1 saturated carbocycles. The number of hydrogen-bond donors (Lipinski definition) is 2. The third kappa shape index (κ3) is 3.39. The van der Waals surface area contributed by atoms with E-state index in [1.807, 2.05) is 19.1 Å². The summed E-state index contributed by atoms with van der Waals surface area (Å²) >= 11 is 0. The van der Waals surface area contributed by atoms with Gasteiger partial charge in [-0.25, -0.2) is 13.4 Å². The first-order valence-corrected chi connectivity index (χ1v) is 8.75. The molecule has 5 nitrogen and oxygen atoms in total. The average Bonchev–Trinajstić information content (AvgIpc) is 3.27. The van der Waals surface area contributed by atoms with Gasteiger partial charge in [-0.05, 0) is 56.0 Å². The Morgan fingerprint density at radius 1 is 1.14 bits per heavy atom. The van der Waals surface area contributed by atoms with Gasteiger partial charge >= 0.3 is 0 Å². The van der Waals surface area contributed by atoms with Crippen molar-refractivity contribution in [3.63, 3.8) is 0 Å². The number of anilines is 2. The molecule has 1 aliphatic rings. The largest absolute Gasteiger partial charge is 0.367 e. The summed E-state index contributed by atoms with van der Waals surface area (Å²) in [6, 6.07) is 9.41. The van der Waals surface area contributed by atoms with Gasteiger partial charge in [0, 0.05) is 6.04 Å². The lowest BCUT2D eigenvalue weighted by Crippen LogP contribution is -2.14. The normalized spacial score (nSPS) is 14.6. The Morgan fingerprint density at radius 2 is 1.91 bits per heavy atom. The van der Waals surface area contributed by atoms with E-state index in [2.05, 4.69) is 15.0 Å². The molecular formula is C16H19N3O2S. The highest BCUT2D eigenvalue weighted by Crippen LogP contribution is 2.25. The van der Waals surface area contributed by atoms with Crippen molar-refractivity contribution >= 4 is 21.5 Å². The van der Waals surface area contributed by atoms with Crippen LogP contribution in [0.5, 0.6) is 0 Å². The molecule has 1 heterocycles. The van der Waals surface area contributed by atoms with E-state index in [-0.39, 0.29) is 0 Å². The van der Waals surface area contributed by atoms with Crippen molar-refractivity contribution in [1.29, 1.82) is 0 Å². The highest BCUT2D eigenvalue weighted by molar-refractivity contribution is 7.92. The average molecular weight is 317 g/mol. The van der Waals surface area contributed by atoms with E-state index in [4.69, 9.17) is 0 Å². The van der Waals surface area contributed by atoms with Gasteiger partial charge in [0.1, 0.15) is 5.82 Å². The maximum absolute atomic E-state index is 12.5. The van der Waals surface area contributed by atoms with Crippen molar-refractivity contribution in [2.75, 3.05) is 10.0 Å². The molecule has 116 valence electrons. The molecule has 0 aliphatic heterocycles. The molecule has 2 N–H and O–H groups in total. The molecule has 1 aliphatic carbocycles. The summed E-state index contributed by atoms with van der Waals surface area (Å²) < 4.78 is 27.6. The molecule has 0 atom stereocenters. The van der Waals surface area contributed by atoms with Gasteiger partial charge in [-0.15, -0.1) is 0 Å². The van der Waals surface area contributed by atoms with Crippen molar-refractivity contribution in [3.8, 4) is 0 Å². The van der Waals surface area contributed by atoms with E-state index < -0.39 is 10.0 Å². The van der Waals surface area contributed by atoms with Gasteiger partial charge in [-0.2, -0.15) is 0 Å². The summed E-state index contributed by atoms with van der Waals surface area (Å²) in [4.78, 5) is 4.54. The van der Waals surface area contributed by atoms with Gasteiger partial charge in [0.25, 0.3) is 10.0 Å². The van der Waals surface area contributed by atoms with E-state index >= 15 is 0 Å². The zero-order valence-electron chi connectivity index (χ0n) is 12.6. The van der Waals surface area contributed by atoms with E-state index in [9.17, 15) is 8.42 Å². The Bertz CT molecular complexity index is 782. The summed E-state index contributed by atoms with van der Waals surface area (Å²) in [6.45, 7) is 3.66. The number of aromatic nitrogens is 1. The van der Waals surface area contributed by atoms with Crippen molar-refractivity contribution < 1.29 is 8.42 Å². The summed E-state index contributed by atoms with van der Waals surface area (Å²) in [5.41, 5.74) is 2.09. The lowest BCUT2D eigenvalue weighted by molar-refractivity contribution is 0.600. The SMILES string of the molecule is Cc1ccc(C)c(S(=O)(=O)Nc2ccc(NC3CC3)nc2)c1. The van der Waals surface area contributed by atoms with Crippen LogP contribution in [-0.2, 0) is 10.0 Å². The number of hydrogen-bond acceptors (Lipinski definition) is 4. The maximum Gasteiger partial charge on any atom is 0.262 e. The molecule has 6 heteroatoms. The van der Waals surface area contributed by atoms with Gasteiger partial charge in [-0.1, -0.05) is 12.1 Å². The zero-order valence-corrected chi connectivity index (χ0v) is 13.4. The van der Waals surface area contributed by atoms with E-state index in [0.717, 1.165) is 16.9 Å². The summed E-state index contributed by atoms with van der Waals surface area (Å²) in [6.07, 6.45) is 3.87. The predicted octanol–water partition coefficient (Wildman–Crippen LogP) is 3.07. The first-order chi connectivity index (χ1) is 10.4. The lowest BCUT2D eigenvalue weighted by atomic mass is 10.2. The number of pyridine rings is 1. The fraction of sp³-hybridized carbons (Fsp3) is 0.312. The van der Waals surface area contributed by atoms with Crippen LogP contribution >= 0.6 is 0 Å². The standard InChI is InChI=1S/C16H19N3O2S/c1-11-3-4-12(2)15(9-11)22(20,21)19-14-7-8-16(17-10-14)18-13-5-6-13/h3-4,7-10,13,19H,5-6H2,1-2H3,(H,17,18). The van der Waals surface area contributed by atoms with Crippen LogP contribution in [0, 0.1) is 13.8 Å². The van der Waals surface area contributed by atoms with E-state index in [1.165, 1.54) is 19.0 Å². The van der Waals surface area contributed by atoms with Crippen LogP contribution in [0.25, 0.3) is 0 Å². The zero-order chi connectivity index (χ0) is 15.7. The number of sulfonamides is 1. The molecule has 0 spiro atoms. The van der Waals surface area contributed by atoms with E-state index in [1.54, 1.807) is 25.1 Å². The molecule has 0 bridgehead atoms. The second kappa shape index (κ2) is 5.61. The molecule has 0 radical (unpaired) electrons. The first kappa shape index (κ1) is 14.8. The first-order valence-electron chi connectivity index (χ1n) is 7.27. The number of benzene rings is 1. The minimum absolute atomic E-state index is 0.299. The van der Waals surface area contributed by atoms with Gasteiger partial charge in [0.15, 0.2) is 0 Å². The van der Waals surface area contributed by atoms with Gasteiger partial charge < -0.3 is 5.32 Å². The Balaban J connectivity index is 1.79. The smallest absolute Gasteiger partial charge is 0.262 e. The van der Waals surface area contributed by atoms with Crippen LogP contribution in [0.4, 0.5) is 11.5 Å². The second-order valence-electron chi connectivity index (χ2n) is 5.73. The molecule has 1 aromatic carbocycles. The molecule has 2 aromatic rings. The number of aryl methyl sites for hydroxylation is 2. The molecule has 3 rings (SSSR count). The topological polar surface area (TPSA) is 71.1 Å². The fourth-order valence-corrected chi connectivity index (χ4v) is 3.56.